The van der Waals surface area contributed by atoms with E-state index in [2.05, 4.69) is 0 Å². The number of hydrogen-bond donors (Lipinski definition) is 2. The zero-order chi connectivity index (χ0) is 18.0. The van der Waals surface area contributed by atoms with Gasteiger partial charge in [0.25, 0.3) is 0 Å². The van der Waals surface area contributed by atoms with Crippen LogP contribution in [-0.4, -0.2) is 22.3 Å². The van der Waals surface area contributed by atoms with Crippen molar-refractivity contribution in [2.24, 2.45) is 5.92 Å². The number of carbonyl (C=O) groups is 1. The smallest absolute Gasteiger partial charge is 0.115 e. The number of phenols is 1. The van der Waals surface area contributed by atoms with Crippen LogP contribution in [0.2, 0.25) is 0 Å². The highest BCUT2D eigenvalue weighted by Crippen LogP contribution is 2.34. The lowest BCUT2D eigenvalue weighted by atomic mass is 9.87. The molecule has 0 aromatic heterocycles. The summed E-state index contributed by atoms with van der Waals surface area (Å²) in [7, 11) is 0. The second-order valence-electron chi connectivity index (χ2n) is 6.97. The van der Waals surface area contributed by atoms with E-state index < -0.39 is 11.9 Å². The van der Waals surface area contributed by atoms with Crippen molar-refractivity contribution in [3.8, 4) is 16.9 Å². The number of phenolic OH excluding ortho intramolecular Hbond substituents is 1. The molecule has 1 unspecified atom stereocenters. The van der Waals surface area contributed by atoms with Gasteiger partial charge in [0, 0.05) is 11.9 Å². The Morgan fingerprint density at radius 3 is 2.52 bits per heavy atom. The number of aliphatic hydroxyl groups is 1. The average Bonchev–Trinajstić information content (AvgIpc) is 2.99. The number of carbonyl (C=O) groups excluding carboxylic acids is 1. The molecule has 25 heavy (non-hydrogen) atoms. The fourth-order valence-electron chi connectivity index (χ4n) is 3.68. The van der Waals surface area contributed by atoms with E-state index in [-0.39, 0.29) is 17.8 Å². The molecule has 1 aliphatic rings. The largest absolute Gasteiger partial charge is 0.550 e. The molecule has 3 rings (SSSR count). The third-order valence-electron chi connectivity index (χ3n) is 5.23. The Balaban J connectivity index is 1.99. The topological polar surface area (TPSA) is 80.6 Å². The zero-order valence-electron chi connectivity index (χ0n) is 14.3. The van der Waals surface area contributed by atoms with Crippen LogP contribution in [0.5, 0.6) is 5.75 Å². The maximum atomic E-state index is 11.4. The number of aliphatic carboxylic acids is 1. The van der Waals surface area contributed by atoms with Crippen molar-refractivity contribution in [1.82, 2.24) is 0 Å². The third-order valence-corrected chi connectivity index (χ3v) is 5.23. The Labute approximate surface area is 147 Å². The number of hydrogen-bond acceptors (Lipinski definition) is 4. The molecule has 4 nitrogen and oxygen atoms in total. The van der Waals surface area contributed by atoms with Gasteiger partial charge >= 0.3 is 0 Å². The van der Waals surface area contributed by atoms with Gasteiger partial charge in [-0.25, -0.2) is 0 Å². The Bertz CT molecular complexity index is 751. The maximum Gasteiger partial charge on any atom is 0.115 e. The van der Waals surface area contributed by atoms with E-state index in [1.807, 2.05) is 18.2 Å². The van der Waals surface area contributed by atoms with Gasteiger partial charge in [-0.05, 0) is 59.6 Å². The molecule has 0 spiro atoms. The summed E-state index contributed by atoms with van der Waals surface area (Å²) in [6.45, 7) is 1.62. The molecule has 0 bridgehead atoms. The highest BCUT2D eigenvalue weighted by atomic mass is 16.4. The van der Waals surface area contributed by atoms with Gasteiger partial charge in [-0.15, -0.1) is 0 Å². The first-order chi connectivity index (χ1) is 12.0. The van der Waals surface area contributed by atoms with Crippen LogP contribution in [-0.2, 0) is 11.2 Å². The number of benzene rings is 2. The fraction of sp³-hybridized carbons (Fsp3) is 0.381. The molecule has 2 N–H and O–H groups in total. The first kappa shape index (κ1) is 17.5. The number of rotatable bonds is 5. The van der Waals surface area contributed by atoms with E-state index in [1.54, 1.807) is 31.2 Å². The molecule has 1 fully saturated rings. The molecule has 0 radical (unpaired) electrons. The summed E-state index contributed by atoms with van der Waals surface area (Å²) in [5, 5.41) is 30.9. The van der Waals surface area contributed by atoms with Crippen molar-refractivity contribution >= 4 is 5.97 Å². The predicted molar refractivity (Wildman–Crippen MR) is 94.0 cm³/mol. The third kappa shape index (κ3) is 3.85. The lowest BCUT2D eigenvalue weighted by molar-refractivity contribution is -0.307. The second kappa shape index (κ2) is 7.28. The molecular weight excluding hydrogens is 316 g/mol. The molecule has 2 aromatic rings. The quantitative estimate of drug-likeness (QED) is 0.877. The average molecular weight is 339 g/mol. The van der Waals surface area contributed by atoms with Crippen LogP contribution in [0.4, 0.5) is 0 Å². The Morgan fingerprint density at radius 1 is 1.20 bits per heavy atom. The molecule has 0 aliphatic heterocycles. The fourth-order valence-corrected chi connectivity index (χ4v) is 3.68. The molecule has 0 amide bonds. The zero-order valence-corrected chi connectivity index (χ0v) is 14.3. The van der Waals surface area contributed by atoms with Crippen molar-refractivity contribution < 1.29 is 20.1 Å². The number of aromatic hydroxyl groups is 1. The molecule has 1 saturated carbocycles. The van der Waals surface area contributed by atoms with Crippen LogP contribution in [0, 0.1) is 5.92 Å². The molecule has 4 heteroatoms. The van der Waals surface area contributed by atoms with Crippen LogP contribution in [0.1, 0.15) is 43.2 Å². The summed E-state index contributed by atoms with van der Waals surface area (Å²) in [4.78, 5) is 11.4. The summed E-state index contributed by atoms with van der Waals surface area (Å²) < 4.78 is 0. The van der Waals surface area contributed by atoms with E-state index in [9.17, 15) is 20.1 Å². The normalized spacial score (nSPS) is 21.2. The van der Waals surface area contributed by atoms with Crippen molar-refractivity contribution in [1.29, 1.82) is 0 Å². The molecule has 1 aliphatic carbocycles. The number of aliphatic hydroxyl groups excluding tert-OH is 1. The summed E-state index contributed by atoms with van der Waals surface area (Å²) in [6.07, 6.45) is 3.46. The molecule has 132 valence electrons. The molecule has 3 atom stereocenters. The summed E-state index contributed by atoms with van der Waals surface area (Å²) >= 11 is 0. The minimum Gasteiger partial charge on any atom is -0.550 e. The predicted octanol–water partition coefficient (Wildman–Crippen LogP) is 2.62. The first-order valence-electron chi connectivity index (χ1n) is 8.77. The van der Waals surface area contributed by atoms with Gasteiger partial charge in [-0.3, -0.25) is 0 Å². The Kier molecular flexibility index (Phi) is 5.09. The van der Waals surface area contributed by atoms with Gasteiger partial charge < -0.3 is 20.1 Å². The molecular formula is C21H23O4-. The van der Waals surface area contributed by atoms with Crippen LogP contribution in [0.3, 0.4) is 0 Å². The number of carboxylic acids is 1. The molecule has 0 saturated heterocycles. The Morgan fingerprint density at radius 2 is 1.92 bits per heavy atom. The monoisotopic (exact) mass is 339 g/mol. The van der Waals surface area contributed by atoms with Gasteiger partial charge in [-0.2, -0.15) is 0 Å². The van der Waals surface area contributed by atoms with E-state index in [0.29, 0.717) is 5.56 Å². The standard InChI is InChI=1S/C21H24O4/c1-13(21(24)25)18-10-5-14(11-16-3-2-4-20(16)23)12-19(18)15-6-8-17(22)9-7-15/h5-10,12-13,16,20,22-23H,2-4,11H2,1H3,(H,24,25)/p-1/t13?,16-,20-/m1/s1. The van der Waals surface area contributed by atoms with E-state index in [1.165, 1.54) is 0 Å². The van der Waals surface area contributed by atoms with Gasteiger partial charge in [-0.1, -0.05) is 43.7 Å². The van der Waals surface area contributed by atoms with Gasteiger partial charge in [0.15, 0.2) is 0 Å². The molecule has 2 aromatic carbocycles. The van der Waals surface area contributed by atoms with Gasteiger partial charge in [0.05, 0.1) is 6.10 Å². The highest BCUT2D eigenvalue weighted by molar-refractivity contribution is 5.80. The minimum absolute atomic E-state index is 0.170. The summed E-state index contributed by atoms with van der Waals surface area (Å²) in [6, 6.07) is 12.6. The van der Waals surface area contributed by atoms with Gasteiger partial charge in [0.2, 0.25) is 0 Å². The molecule has 0 heterocycles. The maximum absolute atomic E-state index is 11.4. The van der Waals surface area contributed by atoms with Gasteiger partial charge in [0.1, 0.15) is 5.75 Å². The lowest BCUT2D eigenvalue weighted by Gasteiger charge is -2.20. The highest BCUT2D eigenvalue weighted by Gasteiger charge is 2.25. The Hall–Kier alpha value is -2.33. The first-order valence-corrected chi connectivity index (χ1v) is 8.77. The van der Waals surface area contributed by atoms with Crippen molar-refractivity contribution in [3.63, 3.8) is 0 Å². The van der Waals surface area contributed by atoms with Crippen molar-refractivity contribution in [2.45, 2.75) is 44.6 Å². The van der Waals surface area contributed by atoms with Crippen LogP contribution in [0.25, 0.3) is 11.1 Å². The summed E-state index contributed by atoms with van der Waals surface area (Å²) in [5.74, 6) is -1.41. The number of carboxylic acid groups (broad SMARTS) is 1. The SMILES string of the molecule is CC(C(=O)[O-])c1ccc(C[C@H]2CCC[C@H]2O)cc1-c1ccc(O)cc1. The minimum atomic E-state index is -1.11. The van der Waals surface area contributed by atoms with E-state index >= 15 is 0 Å². The van der Waals surface area contributed by atoms with Crippen LogP contribution in [0.15, 0.2) is 42.5 Å². The van der Waals surface area contributed by atoms with Crippen LogP contribution >= 0.6 is 0 Å². The van der Waals surface area contributed by atoms with Crippen molar-refractivity contribution in [3.05, 3.63) is 53.6 Å². The second-order valence-corrected chi connectivity index (χ2v) is 6.97. The van der Waals surface area contributed by atoms with Crippen LogP contribution < -0.4 is 5.11 Å². The lowest BCUT2D eigenvalue weighted by Crippen LogP contribution is -2.28. The van der Waals surface area contributed by atoms with E-state index in [0.717, 1.165) is 42.4 Å². The van der Waals surface area contributed by atoms with E-state index in [4.69, 9.17) is 0 Å². The van der Waals surface area contributed by atoms with Crippen molar-refractivity contribution in [2.75, 3.05) is 0 Å². The summed E-state index contributed by atoms with van der Waals surface area (Å²) in [5.41, 5.74) is 3.47.